The molecule has 0 aliphatic carbocycles. The van der Waals surface area contributed by atoms with Gasteiger partial charge in [-0.3, -0.25) is 0 Å². The molecule has 0 aliphatic heterocycles. The van der Waals surface area contributed by atoms with Crippen LogP contribution in [0, 0.1) is 0 Å². The van der Waals surface area contributed by atoms with Gasteiger partial charge in [0.15, 0.2) is 0 Å². The second kappa shape index (κ2) is 3.36. The molecule has 1 unspecified atom stereocenters. The van der Waals surface area contributed by atoms with Crippen LogP contribution in [0.25, 0.3) is 0 Å². The molecule has 0 radical (unpaired) electrons. The van der Waals surface area contributed by atoms with Gasteiger partial charge in [-0.05, 0) is 6.66 Å². The molecule has 0 N–H and O–H groups in total. The van der Waals surface area contributed by atoms with Crippen molar-refractivity contribution in [1.82, 2.24) is 0 Å². The first-order valence-corrected chi connectivity index (χ1v) is 2.83. The lowest BCUT2D eigenvalue weighted by atomic mass is 11.8. The summed E-state index contributed by atoms with van der Waals surface area (Å²) in [6.45, 7) is 1.83. The van der Waals surface area contributed by atoms with Crippen molar-refractivity contribution in [2.75, 3.05) is 13.1 Å². The lowest BCUT2D eigenvalue weighted by molar-refractivity contribution is 0.603. The van der Waals surface area contributed by atoms with Crippen LogP contribution in [-0.2, 0) is 0 Å². The number of hydrogen-bond acceptors (Lipinski definition) is 0. The predicted octanol–water partition coefficient (Wildman–Crippen LogP) is 1.22. The molecular formula is C2H6FP. The molecule has 0 nitrogen and oxygen atoms in total. The van der Waals surface area contributed by atoms with E-state index in [0.29, 0.717) is 8.58 Å². The van der Waals surface area contributed by atoms with Crippen LogP contribution in [0.1, 0.15) is 0 Å². The van der Waals surface area contributed by atoms with Gasteiger partial charge in [-0.1, -0.05) is 8.58 Å². The Labute approximate surface area is 27.2 Å². The maximum atomic E-state index is 10.7. The van der Waals surface area contributed by atoms with E-state index in [-0.39, 0.29) is 6.42 Å². The molecule has 1 atom stereocenters. The van der Waals surface area contributed by atoms with Gasteiger partial charge < -0.3 is 0 Å². The molecule has 0 aliphatic rings. The summed E-state index contributed by atoms with van der Waals surface area (Å²) in [6, 6.07) is 0. The second-order valence-corrected chi connectivity index (χ2v) is 1.46. The van der Waals surface area contributed by atoms with E-state index >= 15 is 0 Å². The molecule has 0 fully saturated rings. The van der Waals surface area contributed by atoms with Gasteiger partial charge in [0.25, 0.3) is 0 Å². The lowest BCUT2D eigenvalue weighted by Gasteiger charge is -1.66. The van der Waals surface area contributed by atoms with Crippen LogP contribution < -0.4 is 0 Å². The highest BCUT2D eigenvalue weighted by Crippen LogP contribution is 1.97. The third-order valence-corrected chi connectivity index (χ3v) is 0.401. The fraction of sp³-hybridized carbons (Fsp3) is 1.00. The largest absolute Gasteiger partial charge is 0.246 e. The van der Waals surface area contributed by atoms with Gasteiger partial charge >= 0.3 is 0 Å². The van der Waals surface area contributed by atoms with Gasteiger partial charge in [0.2, 0.25) is 0 Å². The van der Waals surface area contributed by atoms with E-state index in [1.165, 1.54) is 0 Å². The molecule has 0 saturated heterocycles. The van der Waals surface area contributed by atoms with Crippen LogP contribution in [0.4, 0.5) is 4.39 Å². The zero-order valence-corrected chi connectivity index (χ0v) is 3.59. The van der Waals surface area contributed by atoms with Gasteiger partial charge in [-0.25, -0.2) is 4.39 Å². The van der Waals surface area contributed by atoms with Crippen LogP contribution in [0.15, 0.2) is 0 Å². The Kier molecular flexibility index (Phi) is 3.66. The Morgan fingerprint density at radius 3 is 2.25 bits per heavy atom. The smallest absolute Gasteiger partial charge is 0.105 e. The summed E-state index contributed by atoms with van der Waals surface area (Å²) < 4.78 is 10.7. The number of hydrogen-bond donors (Lipinski definition) is 0. The maximum absolute atomic E-state index is 10.7. The first kappa shape index (κ1) is 4.36. The number of alkyl halides is 1. The monoisotopic (exact) mass is 80.0 g/mol. The molecule has 26 valence electrons. The van der Waals surface area contributed by atoms with E-state index in [4.69, 9.17) is 0 Å². The molecule has 0 heterocycles. The average Bonchev–Trinajstić information content (AvgIpc) is 1.37. The highest BCUT2D eigenvalue weighted by molar-refractivity contribution is 7.36. The van der Waals surface area contributed by atoms with Crippen molar-refractivity contribution in [2.24, 2.45) is 0 Å². The first-order valence-electron chi connectivity index (χ1n) is 1.12. The molecule has 0 aromatic rings. The van der Waals surface area contributed by atoms with Gasteiger partial charge in [-0.2, -0.15) is 0 Å². The van der Waals surface area contributed by atoms with Crippen molar-refractivity contribution in [3.8, 4) is 0 Å². The minimum atomic E-state index is -0.153. The summed E-state index contributed by atoms with van der Waals surface area (Å²) >= 11 is 0. The minimum Gasteiger partial charge on any atom is -0.246 e. The van der Waals surface area contributed by atoms with Crippen molar-refractivity contribution in [3.63, 3.8) is 0 Å². The third-order valence-electron chi connectivity index (χ3n) is 0.134. The minimum absolute atomic E-state index is 0.153. The number of rotatable bonds is 1. The van der Waals surface area contributed by atoms with Gasteiger partial charge in [0, 0.05) is 0 Å². The van der Waals surface area contributed by atoms with E-state index in [0.717, 1.165) is 0 Å². The van der Waals surface area contributed by atoms with Crippen LogP contribution >= 0.6 is 8.58 Å². The zero-order valence-electron chi connectivity index (χ0n) is 2.59. The Morgan fingerprint density at radius 1 is 2.00 bits per heavy atom. The highest BCUT2D eigenvalue weighted by Gasteiger charge is 1.59. The SMILES string of the molecule is CPCF. The van der Waals surface area contributed by atoms with Crippen molar-refractivity contribution in [3.05, 3.63) is 0 Å². The summed E-state index contributed by atoms with van der Waals surface area (Å²) in [5.74, 6) is 0. The summed E-state index contributed by atoms with van der Waals surface area (Å²) in [7, 11) is 0.474. The lowest BCUT2D eigenvalue weighted by Crippen LogP contribution is -1.43. The normalized spacial score (nSPS) is 10.5. The van der Waals surface area contributed by atoms with E-state index < -0.39 is 0 Å². The average molecular weight is 80.0 g/mol. The topological polar surface area (TPSA) is 0 Å². The van der Waals surface area contributed by atoms with Gasteiger partial charge in [0.1, 0.15) is 6.42 Å². The van der Waals surface area contributed by atoms with Gasteiger partial charge in [-0.15, -0.1) is 0 Å². The fourth-order valence-corrected chi connectivity index (χ4v) is 0. The van der Waals surface area contributed by atoms with Crippen LogP contribution in [0.5, 0.6) is 0 Å². The van der Waals surface area contributed by atoms with Crippen molar-refractivity contribution < 1.29 is 4.39 Å². The molecule has 0 bridgehead atoms. The highest BCUT2D eigenvalue weighted by atomic mass is 31.1. The van der Waals surface area contributed by atoms with E-state index in [1.54, 1.807) is 0 Å². The predicted molar refractivity (Wildman–Crippen MR) is 20.2 cm³/mol. The zero-order chi connectivity index (χ0) is 3.41. The third kappa shape index (κ3) is 2.36. The molecule has 2 heteroatoms. The Hall–Kier alpha value is 0.360. The number of halogens is 1. The molecule has 0 amide bonds. The maximum Gasteiger partial charge on any atom is 0.105 e. The fourth-order valence-electron chi connectivity index (χ4n) is 0. The molecule has 0 spiro atoms. The molecule has 0 rings (SSSR count). The molecule has 0 aromatic heterocycles. The van der Waals surface area contributed by atoms with Gasteiger partial charge in [0.05, 0.1) is 0 Å². The molecule has 0 saturated carbocycles. The summed E-state index contributed by atoms with van der Waals surface area (Å²) in [6.07, 6.45) is -0.153. The summed E-state index contributed by atoms with van der Waals surface area (Å²) in [4.78, 5) is 0. The quantitative estimate of drug-likeness (QED) is 0.415. The Bertz CT molecular complexity index is 8.00. The van der Waals surface area contributed by atoms with E-state index in [1.807, 2.05) is 6.66 Å². The Balaban J connectivity index is 1.97. The molecule has 4 heavy (non-hydrogen) atoms. The Morgan fingerprint density at radius 2 is 2.25 bits per heavy atom. The summed E-state index contributed by atoms with van der Waals surface area (Å²) in [5.41, 5.74) is 0. The summed E-state index contributed by atoms with van der Waals surface area (Å²) in [5, 5.41) is 0. The van der Waals surface area contributed by atoms with E-state index in [2.05, 4.69) is 0 Å². The van der Waals surface area contributed by atoms with Crippen LogP contribution in [0.2, 0.25) is 0 Å². The molecule has 0 aromatic carbocycles. The van der Waals surface area contributed by atoms with Crippen molar-refractivity contribution in [1.29, 1.82) is 0 Å². The van der Waals surface area contributed by atoms with E-state index in [9.17, 15) is 4.39 Å². The van der Waals surface area contributed by atoms with Crippen molar-refractivity contribution in [2.45, 2.75) is 0 Å². The van der Waals surface area contributed by atoms with Crippen molar-refractivity contribution >= 4 is 8.58 Å². The standard InChI is InChI=1S/C2H6FP/c1-4-2-3/h4H,2H2,1H3. The first-order chi connectivity index (χ1) is 1.91. The second-order valence-electron chi connectivity index (χ2n) is 0.487. The molecular weight excluding hydrogens is 74.0 g/mol. The van der Waals surface area contributed by atoms with Crippen LogP contribution in [-0.4, -0.2) is 13.1 Å². The van der Waals surface area contributed by atoms with Crippen LogP contribution in [0.3, 0.4) is 0 Å².